The molecule has 4 nitrogen and oxygen atoms in total. The lowest BCUT2D eigenvalue weighted by Gasteiger charge is -2.21. The predicted octanol–water partition coefficient (Wildman–Crippen LogP) is 1.82. The molecule has 0 heterocycles. The van der Waals surface area contributed by atoms with Gasteiger partial charge < -0.3 is 5.11 Å². The first kappa shape index (κ1) is 15.1. The van der Waals surface area contributed by atoms with Gasteiger partial charge >= 0.3 is 0 Å². The van der Waals surface area contributed by atoms with E-state index in [1.165, 1.54) is 6.07 Å². The van der Waals surface area contributed by atoms with Crippen LogP contribution in [0.15, 0.2) is 23.1 Å². The highest BCUT2D eigenvalue weighted by Gasteiger charge is 2.24. The van der Waals surface area contributed by atoms with E-state index in [2.05, 4.69) is 4.72 Å². The van der Waals surface area contributed by atoms with E-state index in [1.54, 1.807) is 32.9 Å². The van der Waals surface area contributed by atoms with Crippen LogP contribution < -0.4 is 4.72 Å². The molecule has 0 aromatic heterocycles. The molecular formula is C13H21NO3S. The topological polar surface area (TPSA) is 66.4 Å². The summed E-state index contributed by atoms with van der Waals surface area (Å²) in [7, 11) is -3.55. The van der Waals surface area contributed by atoms with Crippen LogP contribution in [0, 0.1) is 0 Å². The number of rotatable bonds is 4. The van der Waals surface area contributed by atoms with E-state index in [0.717, 1.165) is 5.56 Å². The van der Waals surface area contributed by atoms with Crippen LogP contribution in [-0.4, -0.2) is 19.1 Å². The minimum atomic E-state index is -3.55. The number of aliphatic hydroxyl groups is 1. The SMILES string of the molecule is CCc1ccc(CO)cc1S(=O)(=O)NC(C)(C)C. The van der Waals surface area contributed by atoms with Crippen molar-refractivity contribution in [2.24, 2.45) is 0 Å². The van der Waals surface area contributed by atoms with E-state index < -0.39 is 15.6 Å². The number of hydrogen-bond donors (Lipinski definition) is 2. The van der Waals surface area contributed by atoms with Crippen molar-refractivity contribution in [1.29, 1.82) is 0 Å². The Bertz CT molecular complexity index is 516. The Kier molecular flexibility index (Phi) is 4.53. The summed E-state index contributed by atoms with van der Waals surface area (Å²) in [6.45, 7) is 7.14. The first-order valence-electron chi connectivity index (χ1n) is 5.96. The minimum Gasteiger partial charge on any atom is -0.392 e. The van der Waals surface area contributed by atoms with Gasteiger partial charge in [0.25, 0.3) is 0 Å². The van der Waals surface area contributed by atoms with Crippen LogP contribution in [0.5, 0.6) is 0 Å². The third kappa shape index (κ3) is 3.80. The van der Waals surface area contributed by atoms with Gasteiger partial charge in [-0.1, -0.05) is 19.1 Å². The summed E-state index contributed by atoms with van der Waals surface area (Å²) < 4.78 is 27.2. The van der Waals surface area contributed by atoms with E-state index >= 15 is 0 Å². The van der Waals surface area contributed by atoms with Gasteiger partial charge in [-0.15, -0.1) is 0 Å². The molecule has 0 fully saturated rings. The van der Waals surface area contributed by atoms with E-state index in [1.807, 2.05) is 6.92 Å². The van der Waals surface area contributed by atoms with Crippen LogP contribution in [0.25, 0.3) is 0 Å². The number of nitrogens with one attached hydrogen (secondary N) is 1. The zero-order valence-electron chi connectivity index (χ0n) is 11.3. The summed E-state index contributed by atoms with van der Waals surface area (Å²) in [5.41, 5.74) is 0.824. The summed E-state index contributed by atoms with van der Waals surface area (Å²) in [5, 5.41) is 9.11. The standard InChI is InChI=1S/C13H21NO3S/c1-5-11-7-6-10(9-15)8-12(11)18(16,17)14-13(2,3)4/h6-8,14-15H,5,9H2,1-4H3. The molecule has 2 N–H and O–H groups in total. The van der Waals surface area contributed by atoms with Crippen molar-refractivity contribution in [3.8, 4) is 0 Å². The molecule has 0 aliphatic rings. The Morgan fingerprint density at radius 1 is 1.28 bits per heavy atom. The second-order valence-corrected chi connectivity index (χ2v) is 6.96. The van der Waals surface area contributed by atoms with E-state index in [0.29, 0.717) is 12.0 Å². The Labute approximate surface area is 109 Å². The van der Waals surface area contributed by atoms with Gasteiger partial charge in [0.05, 0.1) is 11.5 Å². The Morgan fingerprint density at radius 3 is 2.33 bits per heavy atom. The van der Waals surface area contributed by atoms with Gasteiger partial charge in [-0.05, 0) is 44.4 Å². The zero-order chi connectivity index (χ0) is 14.0. The van der Waals surface area contributed by atoms with Gasteiger partial charge in [0.15, 0.2) is 0 Å². The normalized spacial score (nSPS) is 12.7. The van der Waals surface area contributed by atoms with Crippen molar-refractivity contribution in [1.82, 2.24) is 4.72 Å². The first-order valence-corrected chi connectivity index (χ1v) is 7.44. The van der Waals surface area contributed by atoms with Crippen LogP contribution in [0.1, 0.15) is 38.8 Å². The molecular weight excluding hydrogens is 250 g/mol. The zero-order valence-corrected chi connectivity index (χ0v) is 12.1. The molecule has 1 aromatic carbocycles. The smallest absolute Gasteiger partial charge is 0.241 e. The molecule has 0 amide bonds. The van der Waals surface area contributed by atoms with Crippen LogP contribution >= 0.6 is 0 Å². The maximum Gasteiger partial charge on any atom is 0.241 e. The second kappa shape index (κ2) is 5.38. The fourth-order valence-corrected chi connectivity index (χ4v) is 3.48. The van der Waals surface area contributed by atoms with Gasteiger partial charge in [0.1, 0.15) is 0 Å². The molecule has 0 aliphatic carbocycles. The van der Waals surface area contributed by atoms with E-state index in [-0.39, 0.29) is 11.5 Å². The van der Waals surface area contributed by atoms with Crippen molar-refractivity contribution in [3.05, 3.63) is 29.3 Å². The molecule has 0 radical (unpaired) electrons. The summed E-state index contributed by atoms with van der Waals surface area (Å²) in [6, 6.07) is 5.03. The molecule has 0 spiro atoms. The molecule has 18 heavy (non-hydrogen) atoms. The highest BCUT2D eigenvalue weighted by molar-refractivity contribution is 7.89. The predicted molar refractivity (Wildman–Crippen MR) is 71.8 cm³/mol. The van der Waals surface area contributed by atoms with Crippen molar-refractivity contribution >= 4 is 10.0 Å². The van der Waals surface area contributed by atoms with Crippen LogP contribution in [-0.2, 0) is 23.1 Å². The molecule has 1 aromatic rings. The molecule has 1 rings (SSSR count). The lowest BCUT2D eigenvalue weighted by molar-refractivity contribution is 0.281. The fraction of sp³-hybridized carbons (Fsp3) is 0.538. The molecule has 5 heteroatoms. The van der Waals surface area contributed by atoms with Crippen LogP contribution in [0.2, 0.25) is 0 Å². The van der Waals surface area contributed by atoms with E-state index in [9.17, 15) is 8.42 Å². The molecule has 0 bridgehead atoms. The lowest BCUT2D eigenvalue weighted by Crippen LogP contribution is -2.40. The first-order chi connectivity index (χ1) is 8.19. The average molecular weight is 271 g/mol. The Hall–Kier alpha value is -0.910. The van der Waals surface area contributed by atoms with Gasteiger partial charge in [-0.25, -0.2) is 13.1 Å². The van der Waals surface area contributed by atoms with Gasteiger partial charge in [0, 0.05) is 5.54 Å². The number of benzene rings is 1. The maximum absolute atomic E-state index is 12.3. The average Bonchev–Trinajstić information content (AvgIpc) is 2.25. The van der Waals surface area contributed by atoms with Gasteiger partial charge in [0.2, 0.25) is 10.0 Å². The summed E-state index contributed by atoms with van der Waals surface area (Å²) in [6.07, 6.45) is 0.631. The number of aliphatic hydroxyl groups excluding tert-OH is 1. The monoisotopic (exact) mass is 271 g/mol. The van der Waals surface area contributed by atoms with Gasteiger partial charge in [-0.2, -0.15) is 0 Å². The van der Waals surface area contributed by atoms with Crippen molar-refractivity contribution in [2.45, 2.75) is 51.2 Å². The number of aryl methyl sites for hydroxylation is 1. The quantitative estimate of drug-likeness (QED) is 0.878. The molecule has 102 valence electrons. The van der Waals surface area contributed by atoms with Gasteiger partial charge in [-0.3, -0.25) is 0 Å². The maximum atomic E-state index is 12.3. The molecule has 0 saturated carbocycles. The highest BCUT2D eigenvalue weighted by atomic mass is 32.2. The third-order valence-electron chi connectivity index (χ3n) is 2.43. The Morgan fingerprint density at radius 2 is 1.89 bits per heavy atom. The summed E-state index contributed by atoms with van der Waals surface area (Å²) >= 11 is 0. The molecule has 0 atom stereocenters. The molecule has 0 aliphatic heterocycles. The Balaban J connectivity index is 3.29. The van der Waals surface area contributed by atoms with E-state index in [4.69, 9.17) is 5.11 Å². The largest absolute Gasteiger partial charge is 0.392 e. The third-order valence-corrected chi connectivity index (χ3v) is 4.27. The molecule has 0 saturated heterocycles. The second-order valence-electron chi connectivity index (χ2n) is 5.31. The fourth-order valence-electron chi connectivity index (χ4n) is 1.70. The number of hydrogen-bond acceptors (Lipinski definition) is 3. The van der Waals surface area contributed by atoms with Crippen LogP contribution in [0.4, 0.5) is 0 Å². The lowest BCUT2D eigenvalue weighted by atomic mass is 10.1. The van der Waals surface area contributed by atoms with Crippen LogP contribution in [0.3, 0.4) is 0 Å². The van der Waals surface area contributed by atoms with Crippen molar-refractivity contribution < 1.29 is 13.5 Å². The highest BCUT2D eigenvalue weighted by Crippen LogP contribution is 2.20. The number of sulfonamides is 1. The van der Waals surface area contributed by atoms with Crippen molar-refractivity contribution in [3.63, 3.8) is 0 Å². The summed E-state index contributed by atoms with van der Waals surface area (Å²) in [5.74, 6) is 0. The summed E-state index contributed by atoms with van der Waals surface area (Å²) in [4.78, 5) is 0.256. The minimum absolute atomic E-state index is 0.165. The van der Waals surface area contributed by atoms with Crippen molar-refractivity contribution in [2.75, 3.05) is 0 Å². The molecule has 0 unspecified atom stereocenters.